The van der Waals surface area contributed by atoms with E-state index in [0.717, 1.165) is 0 Å². The van der Waals surface area contributed by atoms with Crippen molar-refractivity contribution < 1.29 is 14.9 Å². The average molecular weight is 241 g/mol. The monoisotopic (exact) mass is 241 g/mol. The quantitative estimate of drug-likeness (QED) is 0.603. The Bertz CT molecular complexity index is 447. The number of nitrogen functional groups attached to an aromatic ring is 1. The van der Waals surface area contributed by atoms with E-state index in [2.05, 4.69) is 4.98 Å². The SMILES string of the molecule is Nc1ccn([C@H]2C[C@H](O)C[C@@H](CO)O2)c(=O)n1. The first-order valence-corrected chi connectivity index (χ1v) is 5.39. The number of aliphatic hydroxyl groups is 2. The van der Waals surface area contributed by atoms with E-state index in [0.29, 0.717) is 12.8 Å². The van der Waals surface area contributed by atoms with Gasteiger partial charge in [-0.15, -0.1) is 0 Å². The molecule has 7 heteroatoms. The maximum absolute atomic E-state index is 11.6. The number of hydrogen-bond donors (Lipinski definition) is 3. The number of aromatic nitrogens is 2. The van der Waals surface area contributed by atoms with Crippen LogP contribution in [0.25, 0.3) is 0 Å². The van der Waals surface area contributed by atoms with Crippen molar-refractivity contribution in [3.8, 4) is 0 Å². The molecule has 1 aromatic heterocycles. The van der Waals surface area contributed by atoms with Gasteiger partial charge in [0.2, 0.25) is 0 Å². The lowest BCUT2D eigenvalue weighted by Gasteiger charge is -2.32. The van der Waals surface area contributed by atoms with Crippen molar-refractivity contribution in [2.45, 2.75) is 31.3 Å². The third-order valence-corrected chi connectivity index (χ3v) is 2.72. The van der Waals surface area contributed by atoms with Gasteiger partial charge in [-0.2, -0.15) is 4.98 Å². The highest BCUT2D eigenvalue weighted by Gasteiger charge is 2.29. The predicted octanol–water partition coefficient (Wildman–Crippen LogP) is -1.14. The first-order valence-electron chi connectivity index (χ1n) is 5.39. The summed E-state index contributed by atoms with van der Waals surface area (Å²) in [4.78, 5) is 15.2. The van der Waals surface area contributed by atoms with Crippen molar-refractivity contribution in [2.75, 3.05) is 12.3 Å². The van der Waals surface area contributed by atoms with Gasteiger partial charge in [0.25, 0.3) is 0 Å². The minimum absolute atomic E-state index is 0.140. The molecule has 1 aliphatic heterocycles. The van der Waals surface area contributed by atoms with Gasteiger partial charge in [-0.05, 0) is 6.07 Å². The molecule has 0 aromatic carbocycles. The summed E-state index contributed by atoms with van der Waals surface area (Å²) in [5.41, 5.74) is 4.86. The number of anilines is 1. The van der Waals surface area contributed by atoms with Gasteiger partial charge < -0.3 is 20.7 Å². The Morgan fingerprint density at radius 2 is 2.35 bits per heavy atom. The van der Waals surface area contributed by atoms with Crippen LogP contribution in [0.15, 0.2) is 17.1 Å². The second-order valence-electron chi connectivity index (χ2n) is 4.06. The molecule has 0 aliphatic carbocycles. The van der Waals surface area contributed by atoms with Crippen molar-refractivity contribution >= 4 is 5.82 Å². The summed E-state index contributed by atoms with van der Waals surface area (Å²) in [5, 5.41) is 18.7. The van der Waals surface area contributed by atoms with Crippen LogP contribution in [-0.2, 0) is 4.74 Å². The standard InChI is InChI=1S/C10H15N3O4/c11-8-1-2-13(10(16)12-8)9-4-6(15)3-7(5-14)17-9/h1-2,6-7,9,14-15H,3-5H2,(H2,11,12,16)/t6-,7+,9-/m1/s1. The summed E-state index contributed by atoms with van der Waals surface area (Å²) < 4.78 is 6.75. The van der Waals surface area contributed by atoms with Crippen molar-refractivity contribution in [3.63, 3.8) is 0 Å². The maximum Gasteiger partial charge on any atom is 0.351 e. The molecule has 7 nitrogen and oxygen atoms in total. The fourth-order valence-corrected chi connectivity index (χ4v) is 1.91. The molecule has 94 valence electrons. The lowest BCUT2D eigenvalue weighted by molar-refractivity contribution is -0.143. The topological polar surface area (TPSA) is 111 Å². The van der Waals surface area contributed by atoms with Crippen LogP contribution >= 0.6 is 0 Å². The summed E-state index contributed by atoms with van der Waals surface area (Å²) in [7, 11) is 0. The fraction of sp³-hybridized carbons (Fsp3) is 0.600. The van der Waals surface area contributed by atoms with Crippen LogP contribution in [0.3, 0.4) is 0 Å². The molecule has 1 saturated heterocycles. The molecule has 1 fully saturated rings. The van der Waals surface area contributed by atoms with Gasteiger partial charge in [0.1, 0.15) is 12.0 Å². The summed E-state index contributed by atoms with van der Waals surface area (Å²) in [5.74, 6) is 0.140. The Morgan fingerprint density at radius 1 is 1.59 bits per heavy atom. The number of aliphatic hydroxyl groups excluding tert-OH is 2. The Hall–Kier alpha value is -1.44. The molecular weight excluding hydrogens is 226 g/mol. The van der Waals surface area contributed by atoms with Crippen molar-refractivity contribution in [2.24, 2.45) is 0 Å². The Labute approximate surface area is 97.5 Å². The minimum Gasteiger partial charge on any atom is -0.394 e. The van der Waals surface area contributed by atoms with E-state index < -0.39 is 24.1 Å². The number of rotatable bonds is 2. The molecule has 0 unspecified atom stereocenters. The van der Waals surface area contributed by atoms with Crippen molar-refractivity contribution in [1.29, 1.82) is 0 Å². The van der Waals surface area contributed by atoms with Crippen LogP contribution in [-0.4, -0.2) is 38.6 Å². The lowest BCUT2D eigenvalue weighted by atomic mass is 10.0. The highest BCUT2D eigenvalue weighted by molar-refractivity contribution is 5.23. The molecule has 0 saturated carbocycles. The van der Waals surface area contributed by atoms with Crippen LogP contribution in [0.1, 0.15) is 19.1 Å². The van der Waals surface area contributed by atoms with Gasteiger partial charge in [-0.1, -0.05) is 0 Å². The zero-order valence-corrected chi connectivity index (χ0v) is 9.19. The Kier molecular flexibility index (Phi) is 3.41. The highest BCUT2D eigenvalue weighted by Crippen LogP contribution is 2.25. The molecule has 17 heavy (non-hydrogen) atoms. The summed E-state index contributed by atoms with van der Waals surface area (Å²) in [6, 6.07) is 1.49. The molecule has 2 heterocycles. The lowest BCUT2D eigenvalue weighted by Crippen LogP contribution is -2.39. The van der Waals surface area contributed by atoms with Gasteiger partial charge in [0.15, 0.2) is 0 Å². The maximum atomic E-state index is 11.6. The largest absolute Gasteiger partial charge is 0.394 e. The van der Waals surface area contributed by atoms with Gasteiger partial charge in [0, 0.05) is 19.0 Å². The van der Waals surface area contributed by atoms with Crippen LogP contribution < -0.4 is 11.4 Å². The van der Waals surface area contributed by atoms with Crippen LogP contribution in [0.4, 0.5) is 5.82 Å². The normalized spacial score (nSPS) is 29.2. The zero-order chi connectivity index (χ0) is 12.4. The van der Waals surface area contributed by atoms with E-state index in [1.807, 2.05) is 0 Å². The first kappa shape index (κ1) is 12.0. The van der Waals surface area contributed by atoms with E-state index >= 15 is 0 Å². The molecule has 0 spiro atoms. The second-order valence-corrected chi connectivity index (χ2v) is 4.06. The molecule has 3 atom stereocenters. The molecular formula is C10H15N3O4. The van der Waals surface area contributed by atoms with Gasteiger partial charge in [-0.3, -0.25) is 4.57 Å². The smallest absolute Gasteiger partial charge is 0.351 e. The Balaban J connectivity index is 2.23. The fourth-order valence-electron chi connectivity index (χ4n) is 1.91. The van der Waals surface area contributed by atoms with E-state index in [1.54, 1.807) is 0 Å². The Morgan fingerprint density at radius 3 is 3.00 bits per heavy atom. The van der Waals surface area contributed by atoms with Crippen molar-refractivity contribution in [1.82, 2.24) is 9.55 Å². The van der Waals surface area contributed by atoms with E-state index in [1.165, 1.54) is 16.8 Å². The number of nitrogens with zero attached hydrogens (tertiary/aromatic N) is 2. The van der Waals surface area contributed by atoms with Crippen LogP contribution in [0, 0.1) is 0 Å². The van der Waals surface area contributed by atoms with Gasteiger partial charge in [-0.25, -0.2) is 4.79 Å². The zero-order valence-electron chi connectivity index (χ0n) is 9.19. The van der Waals surface area contributed by atoms with Crippen LogP contribution in [0.5, 0.6) is 0 Å². The molecule has 0 bridgehead atoms. The molecule has 1 aromatic rings. The number of hydrogen-bond acceptors (Lipinski definition) is 6. The van der Waals surface area contributed by atoms with E-state index in [-0.39, 0.29) is 12.4 Å². The molecule has 2 rings (SSSR count). The first-order chi connectivity index (χ1) is 8.10. The third-order valence-electron chi connectivity index (χ3n) is 2.72. The second kappa shape index (κ2) is 4.82. The molecule has 0 amide bonds. The summed E-state index contributed by atoms with van der Waals surface area (Å²) in [6.45, 7) is -0.190. The predicted molar refractivity (Wildman–Crippen MR) is 59.1 cm³/mol. The van der Waals surface area contributed by atoms with Gasteiger partial charge in [0.05, 0.1) is 18.8 Å². The molecule has 4 N–H and O–H groups in total. The van der Waals surface area contributed by atoms with E-state index in [9.17, 15) is 9.90 Å². The van der Waals surface area contributed by atoms with Crippen LogP contribution in [0.2, 0.25) is 0 Å². The highest BCUT2D eigenvalue weighted by atomic mass is 16.5. The summed E-state index contributed by atoms with van der Waals surface area (Å²) >= 11 is 0. The average Bonchev–Trinajstić information content (AvgIpc) is 2.28. The third kappa shape index (κ3) is 2.63. The molecule has 0 radical (unpaired) electrons. The molecule has 1 aliphatic rings. The summed E-state index contributed by atoms with van der Waals surface area (Å²) in [6.07, 6.45) is 0.452. The van der Waals surface area contributed by atoms with Crippen molar-refractivity contribution in [3.05, 3.63) is 22.7 Å². The van der Waals surface area contributed by atoms with Gasteiger partial charge >= 0.3 is 5.69 Å². The number of ether oxygens (including phenoxy) is 1. The minimum atomic E-state index is -0.614. The number of nitrogens with two attached hydrogens (primary N) is 1. The van der Waals surface area contributed by atoms with E-state index in [4.69, 9.17) is 15.6 Å².